The van der Waals surface area contributed by atoms with Gasteiger partial charge < -0.3 is 4.85 Å². The highest BCUT2D eigenvalue weighted by Gasteiger charge is 1.92. The summed E-state index contributed by atoms with van der Waals surface area (Å²) in [5.41, 5.74) is 2.62. The molecule has 0 spiro atoms. The van der Waals surface area contributed by atoms with Crippen LogP contribution in [0.4, 0.5) is 0 Å². The van der Waals surface area contributed by atoms with Gasteiger partial charge in [-0.15, -0.1) is 11.3 Å². The van der Waals surface area contributed by atoms with E-state index in [2.05, 4.69) is 9.83 Å². The monoisotopic (exact) mass is 124 g/mol. The van der Waals surface area contributed by atoms with E-state index in [9.17, 15) is 0 Å². The molecule has 1 rings (SSSR count). The van der Waals surface area contributed by atoms with Gasteiger partial charge in [-0.3, -0.25) is 0 Å². The van der Waals surface area contributed by atoms with Crippen LogP contribution in [-0.4, -0.2) is 4.98 Å². The molecule has 0 N–H and O–H groups in total. The maximum Gasteiger partial charge on any atom is 0.257 e. The first-order valence-corrected chi connectivity index (χ1v) is 3.08. The summed E-state index contributed by atoms with van der Waals surface area (Å²) in [4.78, 5) is 7.08. The first-order valence-electron chi connectivity index (χ1n) is 2.14. The van der Waals surface area contributed by atoms with Gasteiger partial charge in [0.05, 0.1) is 5.51 Å². The fourth-order valence-electron chi connectivity index (χ4n) is 0.397. The molecule has 0 amide bonds. The number of hydrogen-bond donors (Lipinski definition) is 0. The maximum atomic E-state index is 6.47. The Morgan fingerprint density at radius 2 is 2.75 bits per heavy atom. The normalized spacial score (nSPS) is 8.38. The molecule has 1 aromatic rings. The van der Waals surface area contributed by atoms with Crippen LogP contribution in [0.15, 0.2) is 10.9 Å². The van der Waals surface area contributed by atoms with Crippen molar-refractivity contribution in [3.05, 3.63) is 28.0 Å². The van der Waals surface area contributed by atoms with Crippen LogP contribution < -0.4 is 0 Å². The van der Waals surface area contributed by atoms with Crippen molar-refractivity contribution in [2.24, 2.45) is 0 Å². The van der Waals surface area contributed by atoms with Crippen molar-refractivity contribution in [2.75, 3.05) is 0 Å². The molecule has 0 fully saturated rings. The van der Waals surface area contributed by atoms with Crippen LogP contribution >= 0.6 is 11.3 Å². The number of rotatable bonds is 1. The first-order chi connectivity index (χ1) is 3.93. The Morgan fingerprint density at radius 1 is 1.88 bits per heavy atom. The van der Waals surface area contributed by atoms with E-state index in [1.165, 1.54) is 11.3 Å². The summed E-state index contributed by atoms with van der Waals surface area (Å²) < 4.78 is 0. The Morgan fingerprint density at radius 3 is 3.25 bits per heavy atom. The van der Waals surface area contributed by atoms with Crippen LogP contribution in [0.3, 0.4) is 0 Å². The Balaban J connectivity index is 2.67. The summed E-state index contributed by atoms with van der Waals surface area (Å²) in [6, 6.07) is 0. The molecule has 0 aliphatic carbocycles. The molecule has 0 radical (unpaired) electrons. The van der Waals surface area contributed by atoms with Crippen molar-refractivity contribution < 1.29 is 0 Å². The van der Waals surface area contributed by atoms with Crippen LogP contribution in [-0.2, 0) is 6.54 Å². The predicted molar refractivity (Wildman–Crippen MR) is 32.4 cm³/mol. The molecule has 40 valence electrons. The second kappa shape index (κ2) is 2.43. The van der Waals surface area contributed by atoms with Gasteiger partial charge in [-0.2, -0.15) is 0 Å². The van der Waals surface area contributed by atoms with E-state index >= 15 is 0 Å². The zero-order valence-corrected chi connectivity index (χ0v) is 4.98. The van der Waals surface area contributed by atoms with Gasteiger partial charge >= 0.3 is 0 Å². The van der Waals surface area contributed by atoms with Gasteiger partial charge in [0.2, 0.25) is 0 Å². The highest BCUT2D eigenvalue weighted by molar-refractivity contribution is 7.07. The lowest BCUT2D eigenvalue weighted by molar-refractivity contribution is 1.15. The zero-order chi connectivity index (χ0) is 5.82. The van der Waals surface area contributed by atoms with Crippen LogP contribution in [0.2, 0.25) is 0 Å². The minimum absolute atomic E-state index is 0.420. The molecule has 0 saturated heterocycles. The Labute approximate surface area is 51.6 Å². The van der Waals surface area contributed by atoms with E-state index < -0.39 is 0 Å². The molecule has 0 bridgehead atoms. The van der Waals surface area contributed by atoms with Crippen LogP contribution in [0.1, 0.15) is 5.69 Å². The summed E-state index contributed by atoms with van der Waals surface area (Å²) in [7, 11) is 0. The molecule has 0 aromatic carbocycles. The Hall–Kier alpha value is -0.880. The second-order valence-electron chi connectivity index (χ2n) is 1.30. The van der Waals surface area contributed by atoms with E-state index in [-0.39, 0.29) is 0 Å². The van der Waals surface area contributed by atoms with Crippen LogP contribution in [0.25, 0.3) is 4.85 Å². The third kappa shape index (κ3) is 1.04. The van der Waals surface area contributed by atoms with Crippen molar-refractivity contribution in [1.29, 1.82) is 0 Å². The molecule has 1 heterocycles. The van der Waals surface area contributed by atoms with Crippen LogP contribution in [0, 0.1) is 6.57 Å². The highest BCUT2D eigenvalue weighted by Crippen LogP contribution is 2.00. The van der Waals surface area contributed by atoms with E-state index in [1.807, 2.05) is 5.38 Å². The van der Waals surface area contributed by atoms with Crippen molar-refractivity contribution in [3.8, 4) is 0 Å². The molecule has 2 nitrogen and oxygen atoms in total. The Bertz CT molecular complexity index is 185. The quantitative estimate of drug-likeness (QED) is 0.519. The second-order valence-corrected chi connectivity index (χ2v) is 2.01. The molecule has 0 aliphatic heterocycles. The van der Waals surface area contributed by atoms with Crippen molar-refractivity contribution in [2.45, 2.75) is 6.54 Å². The molecule has 0 saturated carbocycles. The first kappa shape index (κ1) is 5.26. The van der Waals surface area contributed by atoms with Gasteiger partial charge in [0.25, 0.3) is 6.54 Å². The average Bonchev–Trinajstić information content (AvgIpc) is 2.19. The largest absolute Gasteiger partial charge is 0.310 e. The fourth-order valence-corrected chi connectivity index (χ4v) is 0.946. The number of aromatic nitrogens is 1. The van der Waals surface area contributed by atoms with Crippen molar-refractivity contribution in [3.63, 3.8) is 0 Å². The SMILES string of the molecule is [C-]#[N+]Cc1cscn1. The molecule has 0 unspecified atom stereocenters. The van der Waals surface area contributed by atoms with E-state index in [0.29, 0.717) is 6.54 Å². The topological polar surface area (TPSA) is 17.2 Å². The fraction of sp³-hybridized carbons (Fsp3) is 0.200. The lowest BCUT2D eigenvalue weighted by Gasteiger charge is -1.73. The van der Waals surface area contributed by atoms with Gasteiger partial charge in [-0.1, -0.05) is 0 Å². The average molecular weight is 124 g/mol. The summed E-state index contributed by atoms with van der Waals surface area (Å²) in [6.07, 6.45) is 0. The smallest absolute Gasteiger partial charge is 0.257 e. The van der Waals surface area contributed by atoms with Gasteiger partial charge in [-0.05, 0) is 0 Å². The summed E-state index contributed by atoms with van der Waals surface area (Å²) >= 11 is 1.53. The third-order valence-corrected chi connectivity index (χ3v) is 1.36. The molecular weight excluding hydrogens is 120 g/mol. The van der Waals surface area contributed by atoms with Gasteiger partial charge in [-0.25, -0.2) is 11.6 Å². The predicted octanol–water partition coefficient (Wildman–Crippen LogP) is 1.56. The van der Waals surface area contributed by atoms with E-state index in [0.717, 1.165) is 5.69 Å². The van der Waals surface area contributed by atoms with E-state index in [4.69, 9.17) is 6.57 Å². The lowest BCUT2D eigenvalue weighted by Crippen LogP contribution is -1.73. The van der Waals surface area contributed by atoms with Gasteiger partial charge in [0.1, 0.15) is 5.69 Å². The molecule has 8 heavy (non-hydrogen) atoms. The lowest BCUT2D eigenvalue weighted by atomic mass is 10.5. The number of nitrogens with zero attached hydrogens (tertiary/aromatic N) is 2. The van der Waals surface area contributed by atoms with Crippen LogP contribution in [0.5, 0.6) is 0 Å². The van der Waals surface area contributed by atoms with Gasteiger partial charge in [0.15, 0.2) is 0 Å². The minimum Gasteiger partial charge on any atom is -0.310 e. The molecule has 3 heteroatoms. The number of hydrogen-bond acceptors (Lipinski definition) is 2. The standard InChI is InChI=1S/C5H4N2S/c1-6-2-5-3-8-4-7-5/h3-4H,2H2. The van der Waals surface area contributed by atoms with E-state index in [1.54, 1.807) is 5.51 Å². The molecule has 0 aliphatic rings. The third-order valence-electron chi connectivity index (χ3n) is 0.725. The minimum atomic E-state index is 0.420. The summed E-state index contributed by atoms with van der Waals surface area (Å²) in [6.45, 7) is 6.89. The highest BCUT2D eigenvalue weighted by atomic mass is 32.1. The van der Waals surface area contributed by atoms with Crippen molar-refractivity contribution in [1.82, 2.24) is 4.98 Å². The maximum absolute atomic E-state index is 6.47. The summed E-state index contributed by atoms with van der Waals surface area (Å²) in [5, 5.41) is 1.89. The van der Waals surface area contributed by atoms with Crippen molar-refractivity contribution >= 4 is 11.3 Å². The molecule has 0 atom stereocenters. The van der Waals surface area contributed by atoms with Gasteiger partial charge in [0, 0.05) is 5.38 Å². The summed E-state index contributed by atoms with van der Waals surface area (Å²) in [5.74, 6) is 0. The Kier molecular flexibility index (Phi) is 1.60. The number of thiazole rings is 1. The molecule has 1 aromatic heterocycles. The molecular formula is C5H4N2S. The zero-order valence-electron chi connectivity index (χ0n) is 4.16.